The molecule has 0 aliphatic carbocycles. The molecule has 148 valence electrons. The monoisotopic (exact) mass is 398 g/mol. The second-order valence-corrected chi connectivity index (χ2v) is 6.23. The van der Waals surface area contributed by atoms with Crippen LogP contribution in [0.15, 0.2) is 108 Å². The Morgan fingerprint density at radius 1 is 0.700 bits per heavy atom. The molecule has 0 saturated heterocycles. The molecule has 0 fully saturated rings. The Balaban J connectivity index is 1.95. The Morgan fingerprint density at radius 3 is 1.67 bits per heavy atom. The van der Waals surface area contributed by atoms with Crippen molar-refractivity contribution < 1.29 is 19.5 Å². The second kappa shape index (κ2) is 9.75. The van der Waals surface area contributed by atoms with Gasteiger partial charge in [-0.25, -0.2) is 4.79 Å². The van der Waals surface area contributed by atoms with Gasteiger partial charge in [0.2, 0.25) is 5.78 Å². The van der Waals surface area contributed by atoms with E-state index >= 15 is 0 Å². The summed E-state index contributed by atoms with van der Waals surface area (Å²) < 4.78 is 0. The topological polar surface area (TPSA) is 95.8 Å². The maximum atomic E-state index is 13.0. The van der Waals surface area contributed by atoms with Crippen molar-refractivity contribution in [2.45, 2.75) is 0 Å². The van der Waals surface area contributed by atoms with Gasteiger partial charge in [-0.2, -0.15) is 5.10 Å². The highest BCUT2D eigenvalue weighted by molar-refractivity contribution is 6.51. The summed E-state index contributed by atoms with van der Waals surface area (Å²) >= 11 is 0. The number of hydrazone groups is 1. The number of aliphatic carboxylic acids is 1. The van der Waals surface area contributed by atoms with Crippen molar-refractivity contribution in [3.8, 4) is 0 Å². The second-order valence-electron chi connectivity index (χ2n) is 6.23. The van der Waals surface area contributed by atoms with E-state index in [9.17, 15) is 19.5 Å². The van der Waals surface area contributed by atoms with Crippen LogP contribution in [-0.4, -0.2) is 28.4 Å². The van der Waals surface area contributed by atoms with E-state index in [2.05, 4.69) is 10.5 Å². The van der Waals surface area contributed by atoms with E-state index in [-0.39, 0.29) is 11.5 Å². The predicted octanol–water partition coefficient (Wildman–Crippen LogP) is 3.71. The quantitative estimate of drug-likeness (QED) is 0.261. The molecular formula is C24H18N2O4. The van der Waals surface area contributed by atoms with Crippen LogP contribution in [0.5, 0.6) is 0 Å². The highest BCUT2D eigenvalue weighted by Gasteiger charge is 2.18. The number of carbonyl (C=O) groups is 3. The summed E-state index contributed by atoms with van der Waals surface area (Å²) in [6.45, 7) is 0. The summed E-state index contributed by atoms with van der Waals surface area (Å²) in [5.41, 5.74) is 3.22. The first-order valence-electron chi connectivity index (χ1n) is 9.09. The molecule has 3 rings (SSSR count). The number of rotatable bonds is 8. The molecule has 0 unspecified atom stereocenters. The largest absolute Gasteiger partial charge is 0.477 e. The van der Waals surface area contributed by atoms with Gasteiger partial charge in [0, 0.05) is 22.8 Å². The number of nitrogens with one attached hydrogen (secondary N) is 1. The molecule has 0 aliphatic rings. The van der Waals surface area contributed by atoms with Crippen LogP contribution in [0.25, 0.3) is 0 Å². The van der Waals surface area contributed by atoms with Gasteiger partial charge in [-0.1, -0.05) is 91.0 Å². The van der Waals surface area contributed by atoms with Gasteiger partial charge in [0.1, 0.15) is 11.4 Å². The molecule has 0 atom stereocenters. The van der Waals surface area contributed by atoms with Gasteiger partial charge in [-0.05, 0) is 0 Å². The minimum Gasteiger partial charge on any atom is -0.477 e. The number of Topliss-reactive ketones (excluding diaryl/α,β-unsaturated/α-hetero) is 1. The molecule has 0 aliphatic heterocycles. The van der Waals surface area contributed by atoms with E-state index in [1.54, 1.807) is 91.0 Å². The fourth-order valence-corrected chi connectivity index (χ4v) is 2.64. The van der Waals surface area contributed by atoms with Crippen LogP contribution in [0.4, 0.5) is 0 Å². The zero-order valence-electron chi connectivity index (χ0n) is 15.9. The van der Waals surface area contributed by atoms with Gasteiger partial charge in [0.15, 0.2) is 5.78 Å². The highest BCUT2D eigenvalue weighted by Crippen LogP contribution is 2.10. The zero-order chi connectivity index (χ0) is 21.3. The molecule has 6 nitrogen and oxygen atoms in total. The molecule has 3 aromatic carbocycles. The van der Waals surface area contributed by atoms with Crippen molar-refractivity contribution in [3.63, 3.8) is 0 Å². The summed E-state index contributed by atoms with van der Waals surface area (Å²) in [5.74, 6) is -2.25. The number of carboxylic acids is 1. The summed E-state index contributed by atoms with van der Waals surface area (Å²) in [6.07, 6.45) is 0.941. The van der Waals surface area contributed by atoms with E-state index < -0.39 is 17.4 Å². The average molecular weight is 398 g/mol. The molecule has 2 N–H and O–H groups in total. The van der Waals surface area contributed by atoms with Gasteiger partial charge >= 0.3 is 5.97 Å². The highest BCUT2D eigenvalue weighted by atomic mass is 16.4. The molecule has 30 heavy (non-hydrogen) atoms. The third-order valence-electron chi connectivity index (χ3n) is 4.15. The van der Waals surface area contributed by atoms with Crippen LogP contribution in [0.1, 0.15) is 26.3 Å². The van der Waals surface area contributed by atoms with Crippen LogP contribution >= 0.6 is 0 Å². The molecule has 0 radical (unpaired) electrons. The molecule has 0 saturated carbocycles. The molecule has 0 aromatic heterocycles. The number of allylic oxidation sites excluding steroid dienone is 1. The molecule has 0 amide bonds. The summed E-state index contributed by atoms with van der Waals surface area (Å²) in [5, 5.41) is 13.5. The maximum Gasteiger partial charge on any atom is 0.353 e. The standard InChI is InChI=1S/C24H18N2O4/c27-21(17-10-4-1-5-11-17)16-20(24(29)30)25-26-22(18-12-6-2-7-13-18)23(28)19-14-8-3-9-15-19/h1-16,25H,(H,29,30). The maximum absolute atomic E-state index is 13.0. The Morgan fingerprint density at radius 2 is 1.17 bits per heavy atom. The summed E-state index contributed by atoms with van der Waals surface area (Å²) in [6, 6.07) is 25.5. The first kappa shape index (κ1) is 20.4. The minimum absolute atomic E-state index is 0.0288. The van der Waals surface area contributed by atoms with Crippen molar-refractivity contribution in [2.75, 3.05) is 0 Å². The lowest BCUT2D eigenvalue weighted by molar-refractivity contribution is -0.133. The van der Waals surface area contributed by atoms with Crippen molar-refractivity contribution in [1.29, 1.82) is 0 Å². The minimum atomic E-state index is -1.37. The van der Waals surface area contributed by atoms with Crippen LogP contribution in [-0.2, 0) is 4.79 Å². The fraction of sp³-hybridized carbons (Fsp3) is 0. The Bertz CT molecular complexity index is 1110. The molecule has 0 bridgehead atoms. The molecule has 3 aromatic rings. The van der Waals surface area contributed by atoms with Crippen LogP contribution in [0, 0.1) is 0 Å². The zero-order valence-corrected chi connectivity index (χ0v) is 15.9. The number of hydrogen-bond acceptors (Lipinski definition) is 5. The van der Waals surface area contributed by atoms with Crippen LogP contribution in [0.2, 0.25) is 0 Å². The van der Waals surface area contributed by atoms with Gasteiger partial charge < -0.3 is 5.11 Å². The van der Waals surface area contributed by atoms with Gasteiger partial charge in [0.25, 0.3) is 0 Å². The lowest BCUT2D eigenvalue weighted by atomic mass is 10.0. The number of carbonyl (C=O) groups excluding carboxylic acids is 2. The van der Waals surface area contributed by atoms with Gasteiger partial charge in [-0.15, -0.1) is 0 Å². The molecule has 0 spiro atoms. The molecule has 6 heteroatoms. The lowest BCUT2D eigenvalue weighted by Gasteiger charge is -2.08. The number of carboxylic acid groups (broad SMARTS) is 1. The third-order valence-corrected chi connectivity index (χ3v) is 4.15. The number of nitrogens with zero attached hydrogens (tertiary/aromatic N) is 1. The normalized spacial score (nSPS) is 11.6. The van der Waals surface area contributed by atoms with E-state index in [4.69, 9.17) is 0 Å². The number of ketones is 2. The van der Waals surface area contributed by atoms with Crippen LogP contribution < -0.4 is 5.43 Å². The van der Waals surface area contributed by atoms with Crippen LogP contribution in [0.3, 0.4) is 0 Å². The number of hydrogen-bond donors (Lipinski definition) is 2. The SMILES string of the molecule is O=C(O)C(=CC(=O)c1ccccc1)NN=C(C(=O)c1ccccc1)c1ccccc1. The fourth-order valence-electron chi connectivity index (χ4n) is 2.64. The lowest BCUT2D eigenvalue weighted by Crippen LogP contribution is -2.23. The van der Waals surface area contributed by atoms with E-state index in [1.165, 1.54) is 0 Å². The van der Waals surface area contributed by atoms with E-state index in [0.29, 0.717) is 16.7 Å². The average Bonchev–Trinajstić information content (AvgIpc) is 2.80. The Hall–Kier alpha value is -4.32. The Labute approximate surface area is 173 Å². The van der Waals surface area contributed by atoms with Crippen molar-refractivity contribution in [1.82, 2.24) is 5.43 Å². The molecule has 0 heterocycles. The predicted molar refractivity (Wildman–Crippen MR) is 113 cm³/mol. The summed E-state index contributed by atoms with van der Waals surface area (Å²) in [7, 11) is 0. The Kier molecular flexibility index (Phi) is 6.63. The smallest absolute Gasteiger partial charge is 0.353 e. The van der Waals surface area contributed by atoms with E-state index in [1.807, 2.05) is 0 Å². The first-order chi connectivity index (χ1) is 14.6. The molecular weight excluding hydrogens is 380 g/mol. The third kappa shape index (κ3) is 5.14. The number of benzene rings is 3. The first-order valence-corrected chi connectivity index (χ1v) is 9.09. The summed E-state index contributed by atoms with van der Waals surface area (Å²) in [4.78, 5) is 36.9. The van der Waals surface area contributed by atoms with E-state index in [0.717, 1.165) is 6.08 Å². The van der Waals surface area contributed by atoms with Gasteiger partial charge in [0.05, 0.1) is 0 Å². The van der Waals surface area contributed by atoms with Crippen molar-refractivity contribution in [2.24, 2.45) is 5.10 Å². The van der Waals surface area contributed by atoms with Gasteiger partial charge in [-0.3, -0.25) is 15.0 Å². The van der Waals surface area contributed by atoms with Crippen molar-refractivity contribution >= 4 is 23.2 Å². The van der Waals surface area contributed by atoms with Crippen molar-refractivity contribution in [3.05, 3.63) is 119 Å².